The minimum atomic E-state index is 0.189. The zero-order valence-electron chi connectivity index (χ0n) is 25.8. The van der Waals surface area contributed by atoms with Gasteiger partial charge in [0, 0.05) is 40.9 Å². The highest BCUT2D eigenvalue weighted by molar-refractivity contribution is 6.07. The van der Waals surface area contributed by atoms with E-state index in [1.54, 1.807) is 0 Å². The lowest BCUT2D eigenvalue weighted by Crippen LogP contribution is -2.36. The largest absolute Gasteiger partial charge is 0.311 e. The number of nitrogens with zero attached hydrogens (tertiary/aromatic N) is 11. The van der Waals surface area contributed by atoms with Crippen LogP contribution in [0.2, 0.25) is 0 Å². The molecule has 10 heterocycles. The molecule has 11 nitrogen and oxygen atoms in total. The number of hydrogen-bond donors (Lipinski definition) is 0. The van der Waals surface area contributed by atoms with Crippen molar-refractivity contribution < 1.29 is 0 Å². The van der Waals surface area contributed by atoms with Gasteiger partial charge < -0.3 is 9.80 Å². The van der Waals surface area contributed by atoms with Crippen molar-refractivity contribution in [2.45, 2.75) is 38.1 Å². The van der Waals surface area contributed by atoms with Gasteiger partial charge in [-0.15, -0.1) is 0 Å². The molecule has 3 aromatic carbocycles. The van der Waals surface area contributed by atoms with E-state index >= 15 is 0 Å². The summed E-state index contributed by atoms with van der Waals surface area (Å²) in [6.07, 6.45) is 16.7. The molecule has 13 rings (SSSR count). The second kappa shape index (κ2) is 9.64. The van der Waals surface area contributed by atoms with Gasteiger partial charge in [0.2, 0.25) is 0 Å². The third kappa shape index (κ3) is 3.61. The van der Waals surface area contributed by atoms with E-state index < -0.39 is 0 Å². The molecule has 1 aromatic heterocycles. The van der Waals surface area contributed by atoms with Crippen LogP contribution in [0.25, 0.3) is 12.2 Å². The van der Waals surface area contributed by atoms with Crippen LogP contribution in [-0.2, 0) is 19.6 Å². The van der Waals surface area contributed by atoms with Gasteiger partial charge in [-0.2, -0.15) is 15.3 Å². The first-order valence-electron chi connectivity index (χ1n) is 16.3. The molecule has 4 aromatic rings. The van der Waals surface area contributed by atoms with Crippen molar-refractivity contribution in [3.05, 3.63) is 142 Å². The van der Waals surface area contributed by atoms with Gasteiger partial charge in [0.15, 0.2) is 12.3 Å². The Morgan fingerprint density at radius 1 is 0.562 bits per heavy atom. The Morgan fingerprint density at radius 3 is 2.04 bits per heavy atom. The van der Waals surface area contributed by atoms with Crippen molar-refractivity contribution in [1.82, 2.24) is 34.7 Å². The number of amidine groups is 1. The molecule has 0 spiro atoms. The van der Waals surface area contributed by atoms with Crippen molar-refractivity contribution in [3.8, 4) is 0 Å². The molecule has 0 saturated carbocycles. The van der Waals surface area contributed by atoms with Crippen LogP contribution in [0.3, 0.4) is 0 Å². The fourth-order valence-corrected chi connectivity index (χ4v) is 8.16. The Morgan fingerprint density at radius 2 is 1.23 bits per heavy atom. The molecule has 3 atom stereocenters. The van der Waals surface area contributed by atoms with E-state index in [-0.39, 0.29) is 12.3 Å². The third-order valence-corrected chi connectivity index (χ3v) is 10.3. The van der Waals surface area contributed by atoms with Crippen LogP contribution in [-0.4, -0.2) is 59.6 Å². The van der Waals surface area contributed by atoms with Crippen molar-refractivity contribution in [2.24, 2.45) is 20.3 Å². The lowest BCUT2D eigenvalue weighted by Gasteiger charge is -2.31. The molecule has 232 valence electrons. The fraction of sp³-hybridized carbons (Fsp3) is 0.162. The summed E-state index contributed by atoms with van der Waals surface area (Å²) in [5.41, 5.74) is 12.8. The molecule has 0 bridgehead atoms. The first kappa shape index (κ1) is 25.9. The molecular weight excluding hydrogens is 598 g/mol. The summed E-state index contributed by atoms with van der Waals surface area (Å²) in [6, 6.07) is 25.3. The van der Waals surface area contributed by atoms with E-state index in [0.717, 1.165) is 42.4 Å². The first-order valence-corrected chi connectivity index (χ1v) is 16.3. The van der Waals surface area contributed by atoms with Crippen LogP contribution in [0.4, 0.5) is 5.69 Å². The number of hydrazone groups is 3. The second-order valence-electron chi connectivity index (χ2n) is 12.9. The molecule has 9 aliphatic heterocycles. The van der Waals surface area contributed by atoms with Crippen molar-refractivity contribution in [1.29, 1.82) is 0 Å². The predicted octanol–water partition coefficient (Wildman–Crippen LogP) is 5.73. The van der Waals surface area contributed by atoms with Crippen molar-refractivity contribution in [2.75, 3.05) is 0 Å². The normalized spacial score (nSPS) is 23.2. The maximum absolute atomic E-state index is 4.87. The number of aromatic nitrogens is 1. The molecule has 11 heteroatoms. The van der Waals surface area contributed by atoms with E-state index in [1.807, 2.05) is 49.6 Å². The van der Waals surface area contributed by atoms with Gasteiger partial charge in [0.05, 0.1) is 31.0 Å². The number of pyridine rings is 1. The highest BCUT2D eigenvalue weighted by Crippen LogP contribution is 2.47. The molecule has 0 radical (unpaired) electrons. The zero-order chi connectivity index (χ0) is 31.3. The van der Waals surface area contributed by atoms with Gasteiger partial charge in [-0.3, -0.25) is 24.9 Å². The van der Waals surface area contributed by atoms with Gasteiger partial charge in [-0.25, -0.2) is 4.99 Å². The molecular formula is C37H29N11. The maximum atomic E-state index is 4.87. The molecule has 3 unspecified atom stereocenters. The van der Waals surface area contributed by atoms with Crippen molar-refractivity contribution in [3.63, 3.8) is 0 Å². The molecule has 0 N–H and O–H groups in total. The molecule has 0 aliphatic carbocycles. The third-order valence-electron chi connectivity index (χ3n) is 10.3. The summed E-state index contributed by atoms with van der Waals surface area (Å²) in [5.74, 6) is 0.980. The van der Waals surface area contributed by atoms with E-state index in [0.29, 0.717) is 6.17 Å². The van der Waals surface area contributed by atoms with Gasteiger partial charge >= 0.3 is 0 Å². The van der Waals surface area contributed by atoms with Crippen LogP contribution in [0.15, 0.2) is 112 Å². The smallest absolute Gasteiger partial charge is 0.153 e. The summed E-state index contributed by atoms with van der Waals surface area (Å²) in [5, 5.41) is 19.6. The molecule has 0 fully saturated rings. The Kier molecular flexibility index (Phi) is 5.20. The van der Waals surface area contributed by atoms with Gasteiger partial charge in [0.25, 0.3) is 0 Å². The number of aliphatic imine (C=N–C) groups is 1. The molecule has 9 aliphatic rings. The lowest BCUT2D eigenvalue weighted by atomic mass is 9.99. The first-order chi connectivity index (χ1) is 23.8. The predicted molar refractivity (Wildman–Crippen MR) is 184 cm³/mol. The molecule has 0 saturated heterocycles. The summed E-state index contributed by atoms with van der Waals surface area (Å²) in [7, 11) is 0. The quantitative estimate of drug-likeness (QED) is 0.267. The topological polar surface area (TPSA) is 81.8 Å². The zero-order valence-corrected chi connectivity index (χ0v) is 25.8. The van der Waals surface area contributed by atoms with Crippen LogP contribution >= 0.6 is 0 Å². The minimum Gasteiger partial charge on any atom is -0.311 e. The van der Waals surface area contributed by atoms with Gasteiger partial charge in [-0.05, 0) is 46.5 Å². The summed E-state index contributed by atoms with van der Waals surface area (Å²) >= 11 is 0. The fourth-order valence-electron chi connectivity index (χ4n) is 8.16. The van der Waals surface area contributed by atoms with Gasteiger partial charge in [0.1, 0.15) is 31.0 Å². The van der Waals surface area contributed by atoms with Crippen molar-refractivity contribution >= 4 is 42.7 Å². The Balaban J connectivity index is 0.0000000898. The summed E-state index contributed by atoms with van der Waals surface area (Å²) < 4.78 is 0. The van der Waals surface area contributed by atoms with Crippen LogP contribution in [0.1, 0.15) is 68.7 Å². The minimum absolute atomic E-state index is 0.189. The lowest BCUT2D eigenvalue weighted by molar-refractivity contribution is 0.177. The number of hydrogen-bond acceptors (Lipinski definition) is 11. The summed E-state index contributed by atoms with van der Waals surface area (Å²) in [6.45, 7) is 2.73. The second-order valence-corrected chi connectivity index (χ2v) is 12.9. The standard InChI is InChI=1S/C16H12N4.C11H9N3.C10H8N4/c1-2-5-11(6-3-1)15-18-13-8-4-7-12-9-20-16(14(12)13)19(15)10-17-20;1-2-8-4-5-13-7-12-14-6-9(3-1)10(8)11(13)14;1-3-11-8-2-4-13-6-12-14-5-7(1)9(8)10(13)14/h1-8,10,16H,9H2;1-5,7,11H,6H2;1-4,6,10H,5H2. The average Bonchev–Trinajstić information content (AvgIpc) is 3.97. The SMILES string of the molecule is C1=CN2C=NN3Cc4cccc1c4C23.C1=CN2C=NN3Cc4ccnc1c4C23.C1=NN2Cc3cccc4c3C2N1C(c1ccccc1)=N4. The van der Waals surface area contributed by atoms with Crippen LogP contribution in [0, 0.1) is 0 Å². The molecule has 48 heavy (non-hydrogen) atoms. The Hall–Kier alpha value is -6.23. The highest BCUT2D eigenvalue weighted by Gasteiger charge is 2.44. The van der Waals surface area contributed by atoms with E-state index in [2.05, 4.69) is 123 Å². The average molecular weight is 628 g/mol. The monoisotopic (exact) mass is 627 g/mol. The Labute approximate surface area is 277 Å². The van der Waals surface area contributed by atoms with Gasteiger partial charge in [-0.1, -0.05) is 60.7 Å². The van der Waals surface area contributed by atoms with E-state index in [9.17, 15) is 0 Å². The van der Waals surface area contributed by atoms with Crippen LogP contribution < -0.4 is 0 Å². The Bertz CT molecular complexity index is 2110. The number of rotatable bonds is 1. The number of benzene rings is 3. The maximum Gasteiger partial charge on any atom is 0.153 e. The highest BCUT2D eigenvalue weighted by atomic mass is 15.6. The van der Waals surface area contributed by atoms with Crippen LogP contribution in [0.5, 0.6) is 0 Å². The van der Waals surface area contributed by atoms with E-state index in [4.69, 9.17) is 4.99 Å². The molecule has 0 amide bonds. The summed E-state index contributed by atoms with van der Waals surface area (Å²) in [4.78, 5) is 15.7. The van der Waals surface area contributed by atoms with E-state index in [1.165, 1.54) is 38.9 Å².